The number of anilines is 1. The highest BCUT2D eigenvalue weighted by atomic mass is 16.5. The van der Waals surface area contributed by atoms with Gasteiger partial charge in [0.05, 0.1) is 5.52 Å². The van der Waals surface area contributed by atoms with Crippen LogP contribution in [0.4, 0.5) is 5.95 Å². The van der Waals surface area contributed by atoms with Crippen molar-refractivity contribution in [2.24, 2.45) is 0 Å². The van der Waals surface area contributed by atoms with Crippen LogP contribution < -0.4 is 10.5 Å². The third kappa shape index (κ3) is 2.88. The Morgan fingerprint density at radius 1 is 1.29 bits per heavy atom. The molecule has 3 aromatic rings. The number of rotatable bonds is 3. The average molecular weight is 325 g/mol. The Bertz CT molecular complexity index is 863. The van der Waals surface area contributed by atoms with Crippen molar-refractivity contribution in [2.45, 2.75) is 18.9 Å². The molecule has 8 heteroatoms. The maximum atomic E-state index is 6.10. The molecule has 1 atom stereocenters. The SMILES string of the molecule is CN1CCCC(Oc2ccc3c(c2)nnn3-c2ccnc(N)n2)C1. The molecule has 0 bridgehead atoms. The molecule has 1 aliphatic rings. The molecular weight excluding hydrogens is 306 g/mol. The standard InChI is InChI=1S/C16H19N7O/c1-22-8-2-3-12(10-22)24-11-4-5-14-13(9-11)20-21-23(14)15-6-7-18-16(17)19-15/h4-7,9,12H,2-3,8,10H2,1H3,(H2,17,18,19). The normalized spacial score (nSPS) is 18.8. The van der Waals surface area contributed by atoms with E-state index in [1.165, 1.54) is 0 Å². The van der Waals surface area contributed by atoms with Crippen molar-refractivity contribution in [3.8, 4) is 11.6 Å². The van der Waals surface area contributed by atoms with E-state index in [1.54, 1.807) is 16.9 Å². The number of piperidine rings is 1. The zero-order valence-corrected chi connectivity index (χ0v) is 13.5. The van der Waals surface area contributed by atoms with Crippen LogP contribution in [0.3, 0.4) is 0 Å². The Labute approximate surface area is 139 Å². The number of hydrogen-bond acceptors (Lipinski definition) is 7. The smallest absolute Gasteiger partial charge is 0.222 e. The number of hydrogen-bond donors (Lipinski definition) is 1. The molecule has 0 radical (unpaired) electrons. The van der Waals surface area contributed by atoms with Crippen LogP contribution in [-0.4, -0.2) is 56.1 Å². The molecule has 0 saturated carbocycles. The van der Waals surface area contributed by atoms with Gasteiger partial charge in [-0.2, -0.15) is 9.67 Å². The third-order valence-corrected chi connectivity index (χ3v) is 4.18. The van der Waals surface area contributed by atoms with Crippen LogP contribution in [0, 0.1) is 0 Å². The number of aromatic nitrogens is 5. The van der Waals surface area contributed by atoms with E-state index in [0.717, 1.165) is 42.7 Å². The van der Waals surface area contributed by atoms with E-state index in [2.05, 4.69) is 32.2 Å². The number of likely N-dealkylation sites (tertiary alicyclic amines) is 1. The van der Waals surface area contributed by atoms with Crippen LogP contribution >= 0.6 is 0 Å². The highest BCUT2D eigenvalue weighted by Gasteiger charge is 2.19. The Morgan fingerprint density at radius 3 is 3.04 bits per heavy atom. The van der Waals surface area contributed by atoms with Crippen molar-refractivity contribution < 1.29 is 4.74 Å². The van der Waals surface area contributed by atoms with E-state index in [0.29, 0.717) is 5.82 Å². The molecule has 24 heavy (non-hydrogen) atoms. The summed E-state index contributed by atoms with van der Waals surface area (Å²) in [5, 5.41) is 8.38. The van der Waals surface area contributed by atoms with Gasteiger partial charge in [-0.05, 0) is 38.6 Å². The Balaban J connectivity index is 1.61. The topological polar surface area (TPSA) is 95.0 Å². The molecule has 1 unspecified atom stereocenters. The molecule has 0 spiro atoms. The minimum absolute atomic E-state index is 0.206. The number of benzene rings is 1. The zero-order chi connectivity index (χ0) is 16.5. The van der Waals surface area contributed by atoms with Gasteiger partial charge in [-0.25, -0.2) is 4.98 Å². The third-order valence-electron chi connectivity index (χ3n) is 4.18. The number of nitrogens with two attached hydrogens (primary N) is 1. The molecule has 2 aromatic heterocycles. The molecule has 0 aliphatic carbocycles. The van der Waals surface area contributed by atoms with E-state index in [1.807, 2.05) is 18.2 Å². The van der Waals surface area contributed by atoms with Gasteiger partial charge in [0.1, 0.15) is 17.4 Å². The van der Waals surface area contributed by atoms with Crippen LogP contribution in [0.1, 0.15) is 12.8 Å². The van der Waals surface area contributed by atoms with Gasteiger partial charge in [-0.1, -0.05) is 5.21 Å². The summed E-state index contributed by atoms with van der Waals surface area (Å²) < 4.78 is 7.75. The van der Waals surface area contributed by atoms with Gasteiger partial charge in [0.15, 0.2) is 5.82 Å². The second-order valence-corrected chi connectivity index (χ2v) is 6.07. The maximum Gasteiger partial charge on any atom is 0.222 e. The molecular formula is C16H19N7O. The predicted octanol–water partition coefficient (Wildman–Crippen LogP) is 1.27. The average Bonchev–Trinajstić information content (AvgIpc) is 2.98. The minimum atomic E-state index is 0.206. The summed E-state index contributed by atoms with van der Waals surface area (Å²) in [6.45, 7) is 2.08. The summed E-state index contributed by atoms with van der Waals surface area (Å²) >= 11 is 0. The summed E-state index contributed by atoms with van der Waals surface area (Å²) in [4.78, 5) is 10.4. The van der Waals surface area contributed by atoms with E-state index in [4.69, 9.17) is 10.5 Å². The quantitative estimate of drug-likeness (QED) is 0.774. The molecule has 124 valence electrons. The number of fused-ring (bicyclic) bond motifs is 1. The van der Waals surface area contributed by atoms with Gasteiger partial charge < -0.3 is 15.4 Å². The molecule has 4 rings (SSSR count). The first-order chi connectivity index (χ1) is 11.7. The first kappa shape index (κ1) is 14.8. The lowest BCUT2D eigenvalue weighted by molar-refractivity contribution is 0.104. The van der Waals surface area contributed by atoms with Crippen molar-refractivity contribution in [3.05, 3.63) is 30.5 Å². The zero-order valence-electron chi connectivity index (χ0n) is 13.5. The Hall–Kier alpha value is -2.74. The highest BCUT2D eigenvalue weighted by molar-refractivity contribution is 5.77. The van der Waals surface area contributed by atoms with Gasteiger partial charge in [0.25, 0.3) is 0 Å². The van der Waals surface area contributed by atoms with Crippen molar-refractivity contribution >= 4 is 17.0 Å². The summed E-state index contributed by atoms with van der Waals surface area (Å²) in [5.41, 5.74) is 7.25. The molecule has 1 fully saturated rings. The Morgan fingerprint density at radius 2 is 2.21 bits per heavy atom. The lowest BCUT2D eigenvalue weighted by Gasteiger charge is -2.29. The van der Waals surface area contributed by atoms with Gasteiger partial charge >= 0.3 is 0 Å². The monoisotopic (exact) mass is 325 g/mol. The van der Waals surface area contributed by atoms with Crippen molar-refractivity contribution in [2.75, 3.05) is 25.9 Å². The van der Waals surface area contributed by atoms with E-state index in [9.17, 15) is 0 Å². The molecule has 8 nitrogen and oxygen atoms in total. The molecule has 3 heterocycles. The molecule has 2 N–H and O–H groups in total. The fraction of sp³-hybridized carbons (Fsp3) is 0.375. The van der Waals surface area contributed by atoms with Crippen LogP contribution in [0.2, 0.25) is 0 Å². The van der Waals surface area contributed by atoms with Gasteiger partial charge in [-0.15, -0.1) is 5.10 Å². The Kier molecular flexibility index (Phi) is 3.73. The van der Waals surface area contributed by atoms with Crippen LogP contribution in [-0.2, 0) is 0 Å². The summed E-state index contributed by atoms with van der Waals surface area (Å²) in [6, 6.07) is 7.54. The lowest BCUT2D eigenvalue weighted by atomic mass is 10.1. The molecule has 1 aromatic carbocycles. The molecule has 0 amide bonds. The van der Waals surface area contributed by atoms with Crippen molar-refractivity contribution in [1.29, 1.82) is 0 Å². The van der Waals surface area contributed by atoms with Crippen LogP contribution in [0.25, 0.3) is 16.9 Å². The number of nitrogens with zero attached hydrogens (tertiary/aromatic N) is 6. The number of likely N-dealkylation sites (N-methyl/N-ethyl adjacent to an activating group) is 1. The second kappa shape index (κ2) is 6.04. The maximum absolute atomic E-state index is 6.10. The summed E-state index contributed by atoms with van der Waals surface area (Å²) in [5.74, 6) is 1.61. The van der Waals surface area contributed by atoms with Gasteiger partial charge in [0.2, 0.25) is 5.95 Å². The number of nitrogen functional groups attached to an aromatic ring is 1. The number of ether oxygens (including phenoxy) is 1. The van der Waals surface area contributed by atoms with E-state index in [-0.39, 0.29) is 12.1 Å². The van der Waals surface area contributed by atoms with E-state index >= 15 is 0 Å². The summed E-state index contributed by atoms with van der Waals surface area (Å²) in [7, 11) is 2.12. The van der Waals surface area contributed by atoms with Crippen molar-refractivity contribution in [1.82, 2.24) is 29.9 Å². The first-order valence-corrected chi connectivity index (χ1v) is 7.98. The fourth-order valence-corrected chi connectivity index (χ4v) is 3.04. The van der Waals surface area contributed by atoms with Gasteiger partial charge in [0, 0.05) is 24.9 Å². The molecule has 1 aliphatic heterocycles. The highest BCUT2D eigenvalue weighted by Crippen LogP contribution is 2.23. The predicted molar refractivity (Wildman–Crippen MR) is 90.0 cm³/mol. The minimum Gasteiger partial charge on any atom is -0.489 e. The van der Waals surface area contributed by atoms with Gasteiger partial charge in [-0.3, -0.25) is 0 Å². The second-order valence-electron chi connectivity index (χ2n) is 6.07. The van der Waals surface area contributed by atoms with Crippen LogP contribution in [0.15, 0.2) is 30.5 Å². The van der Waals surface area contributed by atoms with Crippen LogP contribution in [0.5, 0.6) is 5.75 Å². The lowest BCUT2D eigenvalue weighted by Crippen LogP contribution is -2.38. The largest absolute Gasteiger partial charge is 0.489 e. The van der Waals surface area contributed by atoms with Crippen molar-refractivity contribution in [3.63, 3.8) is 0 Å². The van der Waals surface area contributed by atoms with E-state index < -0.39 is 0 Å². The fourth-order valence-electron chi connectivity index (χ4n) is 3.04. The summed E-state index contributed by atoms with van der Waals surface area (Å²) in [6.07, 6.45) is 4.06. The molecule has 1 saturated heterocycles. The first-order valence-electron chi connectivity index (χ1n) is 7.98.